The van der Waals surface area contributed by atoms with Gasteiger partial charge in [0.05, 0.1) is 11.4 Å². The lowest BCUT2D eigenvalue weighted by Crippen LogP contribution is -2.41. The van der Waals surface area contributed by atoms with Gasteiger partial charge in [0.25, 0.3) is 0 Å². The van der Waals surface area contributed by atoms with Crippen molar-refractivity contribution in [1.82, 2.24) is 0 Å². The van der Waals surface area contributed by atoms with Crippen molar-refractivity contribution in [3.05, 3.63) is 22.7 Å². The van der Waals surface area contributed by atoms with Gasteiger partial charge in [0.15, 0.2) is 0 Å². The van der Waals surface area contributed by atoms with E-state index in [-0.39, 0.29) is 0 Å². The summed E-state index contributed by atoms with van der Waals surface area (Å²) in [5.74, 6) is 0. The summed E-state index contributed by atoms with van der Waals surface area (Å²) in [6.07, 6.45) is 9.93. The molecule has 2 fully saturated rings. The number of hydrogen-bond donors (Lipinski definition) is 1. The van der Waals surface area contributed by atoms with E-state index in [0.717, 1.165) is 10.2 Å². The summed E-state index contributed by atoms with van der Waals surface area (Å²) in [4.78, 5) is 2.47. The molecule has 2 nitrogen and oxygen atoms in total. The quantitative estimate of drug-likeness (QED) is 0.766. The molecular formula is C16H23BrN2. The van der Waals surface area contributed by atoms with Crippen LogP contribution in [0.2, 0.25) is 0 Å². The maximum atomic E-state index is 6.13. The van der Waals surface area contributed by atoms with E-state index in [4.69, 9.17) is 5.73 Å². The van der Waals surface area contributed by atoms with Crippen LogP contribution in [0.4, 0.5) is 11.4 Å². The van der Waals surface area contributed by atoms with E-state index in [9.17, 15) is 0 Å². The second-order valence-corrected chi connectivity index (χ2v) is 7.17. The molecule has 1 aromatic carbocycles. The standard InChI is InChI=1S/C16H23BrN2/c17-13-4-5-14(18)15(12-13)19-10-8-16(9-11-19)6-2-1-3-7-16/h4-5,12H,1-3,6-11,18H2. The van der Waals surface area contributed by atoms with Crippen LogP contribution in [0.1, 0.15) is 44.9 Å². The highest BCUT2D eigenvalue weighted by molar-refractivity contribution is 9.10. The number of nitrogens with zero attached hydrogens (tertiary/aromatic N) is 1. The summed E-state index contributed by atoms with van der Waals surface area (Å²) in [5.41, 5.74) is 8.90. The Labute approximate surface area is 124 Å². The summed E-state index contributed by atoms with van der Waals surface area (Å²) >= 11 is 3.55. The third-order valence-corrected chi connectivity index (χ3v) is 5.56. The molecule has 1 heterocycles. The number of halogens is 1. The molecule has 1 saturated carbocycles. The lowest BCUT2D eigenvalue weighted by Gasteiger charge is -2.45. The molecule has 0 unspecified atom stereocenters. The van der Waals surface area contributed by atoms with Crippen LogP contribution in [0.15, 0.2) is 22.7 Å². The first-order chi connectivity index (χ1) is 9.19. The predicted octanol–water partition coefficient (Wildman–Crippen LogP) is 4.58. The highest BCUT2D eigenvalue weighted by atomic mass is 79.9. The normalized spacial score (nSPS) is 22.7. The van der Waals surface area contributed by atoms with Gasteiger partial charge in [0.2, 0.25) is 0 Å². The van der Waals surface area contributed by atoms with Gasteiger partial charge in [-0.3, -0.25) is 0 Å². The van der Waals surface area contributed by atoms with Gasteiger partial charge in [-0.2, -0.15) is 0 Å². The van der Waals surface area contributed by atoms with E-state index in [0.29, 0.717) is 5.41 Å². The number of benzene rings is 1. The minimum atomic E-state index is 0.662. The Hall–Kier alpha value is -0.700. The lowest BCUT2D eigenvalue weighted by molar-refractivity contribution is 0.144. The molecule has 0 bridgehead atoms. The number of hydrogen-bond acceptors (Lipinski definition) is 2. The van der Waals surface area contributed by atoms with E-state index in [1.807, 2.05) is 12.1 Å². The fraction of sp³-hybridized carbons (Fsp3) is 0.625. The Bertz CT molecular complexity index is 442. The van der Waals surface area contributed by atoms with Gasteiger partial charge in [-0.15, -0.1) is 0 Å². The molecule has 19 heavy (non-hydrogen) atoms. The van der Waals surface area contributed by atoms with E-state index < -0.39 is 0 Å². The molecule has 1 aliphatic carbocycles. The van der Waals surface area contributed by atoms with E-state index in [1.54, 1.807) is 0 Å². The van der Waals surface area contributed by atoms with Gasteiger partial charge in [-0.05, 0) is 49.3 Å². The summed E-state index contributed by atoms with van der Waals surface area (Å²) in [5, 5.41) is 0. The molecular weight excluding hydrogens is 300 g/mol. The third kappa shape index (κ3) is 2.76. The molecule has 1 aliphatic heterocycles. The van der Waals surface area contributed by atoms with Crippen LogP contribution in [0.5, 0.6) is 0 Å². The number of nitrogens with two attached hydrogens (primary N) is 1. The van der Waals surface area contributed by atoms with E-state index >= 15 is 0 Å². The van der Waals surface area contributed by atoms with Crippen molar-refractivity contribution in [2.45, 2.75) is 44.9 Å². The minimum Gasteiger partial charge on any atom is -0.397 e. The van der Waals surface area contributed by atoms with Crippen LogP contribution < -0.4 is 10.6 Å². The van der Waals surface area contributed by atoms with Gasteiger partial charge in [-0.1, -0.05) is 35.2 Å². The molecule has 2 N–H and O–H groups in total. The summed E-state index contributed by atoms with van der Waals surface area (Å²) < 4.78 is 1.12. The van der Waals surface area contributed by atoms with E-state index in [1.165, 1.54) is 63.7 Å². The number of anilines is 2. The van der Waals surface area contributed by atoms with Crippen molar-refractivity contribution in [2.24, 2.45) is 5.41 Å². The SMILES string of the molecule is Nc1ccc(Br)cc1N1CCC2(CCCCC2)CC1. The van der Waals surface area contributed by atoms with Crippen molar-refractivity contribution in [3.8, 4) is 0 Å². The smallest absolute Gasteiger partial charge is 0.0611 e. The first kappa shape index (κ1) is 13.3. The van der Waals surface area contributed by atoms with Crippen LogP contribution in [0, 0.1) is 5.41 Å². The molecule has 0 atom stereocenters. The highest BCUT2D eigenvalue weighted by Gasteiger charge is 2.35. The Morgan fingerprint density at radius 1 is 1.00 bits per heavy atom. The fourth-order valence-electron chi connectivity index (χ4n) is 3.81. The number of nitrogen functional groups attached to an aromatic ring is 1. The topological polar surface area (TPSA) is 29.3 Å². The Balaban J connectivity index is 1.71. The molecule has 0 radical (unpaired) electrons. The van der Waals surface area contributed by atoms with Crippen molar-refractivity contribution in [1.29, 1.82) is 0 Å². The minimum absolute atomic E-state index is 0.662. The van der Waals surface area contributed by atoms with Gasteiger partial charge >= 0.3 is 0 Å². The molecule has 2 aliphatic rings. The van der Waals surface area contributed by atoms with Crippen LogP contribution in [0.3, 0.4) is 0 Å². The largest absolute Gasteiger partial charge is 0.397 e. The Kier molecular flexibility index (Phi) is 3.75. The van der Waals surface area contributed by atoms with E-state index in [2.05, 4.69) is 26.9 Å². The molecule has 3 heteroatoms. The predicted molar refractivity (Wildman–Crippen MR) is 85.5 cm³/mol. The summed E-state index contributed by atoms with van der Waals surface area (Å²) in [6.45, 7) is 2.33. The van der Waals surface area contributed by atoms with Crippen LogP contribution in [0.25, 0.3) is 0 Å². The first-order valence-corrected chi connectivity index (χ1v) is 8.28. The number of piperidine rings is 1. The van der Waals surface area contributed by atoms with Crippen LogP contribution in [-0.2, 0) is 0 Å². The molecule has 3 rings (SSSR count). The first-order valence-electron chi connectivity index (χ1n) is 7.49. The maximum Gasteiger partial charge on any atom is 0.0611 e. The molecule has 0 amide bonds. The highest BCUT2D eigenvalue weighted by Crippen LogP contribution is 2.45. The van der Waals surface area contributed by atoms with Crippen molar-refractivity contribution < 1.29 is 0 Å². The second kappa shape index (κ2) is 5.35. The summed E-state index contributed by atoms with van der Waals surface area (Å²) in [6, 6.07) is 6.18. The van der Waals surface area contributed by atoms with Gasteiger partial charge < -0.3 is 10.6 Å². The Morgan fingerprint density at radius 2 is 1.68 bits per heavy atom. The third-order valence-electron chi connectivity index (χ3n) is 5.07. The van der Waals surface area contributed by atoms with Gasteiger partial charge in [0, 0.05) is 17.6 Å². The van der Waals surface area contributed by atoms with Gasteiger partial charge in [-0.25, -0.2) is 0 Å². The Morgan fingerprint density at radius 3 is 2.37 bits per heavy atom. The van der Waals surface area contributed by atoms with Gasteiger partial charge in [0.1, 0.15) is 0 Å². The fourth-order valence-corrected chi connectivity index (χ4v) is 4.16. The zero-order valence-corrected chi connectivity index (χ0v) is 13.1. The average Bonchev–Trinajstić information content (AvgIpc) is 2.44. The maximum absolute atomic E-state index is 6.13. The summed E-state index contributed by atoms with van der Waals surface area (Å²) in [7, 11) is 0. The molecule has 1 saturated heterocycles. The van der Waals surface area contributed by atoms with Crippen molar-refractivity contribution in [3.63, 3.8) is 0 Å². The zero-order valence-electron chi connectivity index (χ0n) is 11.5. The zero-order chi connectivity index (χ0) is 13.3. The van der Waals surface area contributed by atoms with Crippen LogP contribution >= 0.6 is 15.9 Å². The average molecular weight is 323 g/mol. The second-order valence-electron chi connectivity index (χ2n) is 6.25. The molecule has 0 aromatic heterocycles. The van der Waals surface area contributed by atoms with Crippen molar-refractivity contribution >= 4 is 27.3 Å². The van der Waals surface area contributed by atoms with Crippen molar-refractivity contribution in [2.75, 3.05) is 23.7 Å². The van der Waals surface area contributed by atoms with Crippen LogP contribution in [-0.4, -0.2) is 13.1 Å². The lowest BCUT2D eigenvalue weighted by atomic mass is 9.68. The molecule has 1 spiro atoms. The molecule has 104 valence electrons. The molecule has 1 aromatic rings. The number of rotatable bonds is 1. The monoisotopic (exact) mass is 322 g/mol.